The van der Waals surface area contributed by atoms with E-state index in [2.05, 4.69) is 30.4 Å². The van der Waals surface area contributed by atoms with Crippen molar-refractivity contribution in [1.82, 2.24) is 24.8 Å². The summed E-state index contributed by atoms with van der Waals surface area (Å²) in [5, 5.41) is 12.3. The van der Waals surface area contributed by atoms with E-state index in [0.717, 1.165) is 54.9 Å². The fraction of sp³-hybridized carbons (Fsp3) is 0.412. The Kier molecular flexibility index (Phi) is 3.76. The Balaban J connectivity index is 1.40. The first-order chi connectivity index (χ1) is 11.7. The molecule has 1 atom stereocenters. The zero-order valence-electron chi connectivity index (χ0n) is 14.0. The number of fused-ring (bicyclic) bond motifs is 1. The van der Waals surface area contributed by atoms with E-state index in [0.29, 0.717) is 5.92 Å². The number of nitrogens with one attached hydrogen (secondary N) is 1. The molecule has 0 aliphatic carbocycles. The summed E-state index contributed by atoms with van der Waals surface area (Å²) >= 11 is 0. The van der Waals surface area contributed by atoms with E-state index >= 15 is 0 Å². The van der Waals surface area contributed by atoms with Gasteiger partial charge in [-0.05, 0) is 50.5 Å². The molecule has 7 heteroatoms. The monoisotopic (exact) mass is 323 g/mol. The zero-order chi connectivity index (χ0) is 16.5. The third-order valence-corrected chi connectivity index (χ3v) is 4.37. The first kappa shape index (κ1) is 14.9. The van der Waals surface area contributed by atoms with Crippen molar-refractivity contribution >= 4 is 17.3 Å². The minimum atomic E-state index is 0.585. The first-order valence-corrected chi connectivity index (χ1v) is 8.30. The summed E-state index contributed by atoms with van der Waals surface area (Å²) in [6.45, 7) is 6.82. The molecular formula is C17H21N7. The highest BCUT2D eigenvalue weighted by Gasteiger charge is 2.24. The lowest BCUT2D eigenvalue weighted by Crippen LogP contribution is -2.24. The Hall–Kier alpha value is -2.70. The fourth-order valence-corrected chi connectivity index (χ4v) is 3.14. The molecule has 0 radical (unpaired) electrons. The third kappa shape index (κ3) is 3.02. The SMILES string of the molecule is Cc1cccc(NC[C@H]2CCN(c3ccc4nc(C)nn4n3)C2)n1. The molecule has 7 nitrogen and oxygen atoms in total. The molecule has 0 amide bonds. The average Bonchev–Trinajstić information content (AvgIpc) is 3.17. The smallest absolute Gasteiger partial charge is 0.176 e. The van der Waals surface area contributed by atoms with Gasteiger partial charge in [0.2, 0.25) is 0 Å². The van der Waals surface area contributed by atoms with Gasteiger partial charge in [0.1, 0.15) is 11.6 Å². The molecule has 0 spiro atoms. The summed E-state index contributed by atoms with van der Waals surface area (Å²) in [7, 11) is 0. The van der Waals surface area contributed by atoms with Crippen LogP contribution in [0.4, 0.5) is 11.6 Å². The highest BCUT2D eigenvalue weighted by Crippen LogP contribution is 2.22. The van der Waals surface area contributed by atoms with Gasteiger partial charge in [-0.2, -0.15) is 0 Å². The van der Waals surface area contributed by atoms with Gasteiger partial charge >= 0.3 is 0 Å². The van der Waals surface area contributed by atoms with Crippen LogP contribution in [0.25, 0.3) is 5.65 Å². The lowest BCUT2D eigenvalue weighted by molar-refractivity contribution is 0.620. The van der Waals surface area contributed by atoms with Crippen molar-refractivity contribution in [3.05, 3.63) is 41.9 Å². The Bertz CT molecular complexity index is 857. The summed E-state index contributed by atoms with van der Waals surface area (Å²) < 4.78 is 1.62. The van der Waals surface area contributed by atoms with Crippen LogP contribution in [0.3, 0.4) is 0 Å². The van der Waals surface area contributed by atoms with Gasteiger partial charge in [0, 0.05) is 25.3 Å². The molecule has 1 fully saturated rings. The molecule has 124 valence electrons. The maximum Gasteiger partial charge on any atom is 0.176 e. The molecule has 3 aromatic rings. The molecule has 0 saturated carbocycles. The summed E-state index contributed by atoms with van der Waals surface area (Å²) in [6, 6.07) is 10.1. The molecule has 1 N–H and O–H groups in total. The minimum absolute atomic E-state index is 0.585. The molecule has 4 rings (SSSR count). The molecule has 3 aromatic heterocycles. The van der Waals surface area contributed by atoms with Crippen LogP contribution < -0.4 is 10.2 Å². The van der Waals surface area contributed by atoms with Crippen molar-refractivity contribution in [3.8, 4) is 0 Å². The van der Waals surface area contributed by atoms with Crippen LogP contribution in [0.1, 0.15) is 17.9 Å². The van der Waals surface area contributed by atoms with Crippen molar-refractivity contribution < 1.29 is 0 Å². The highest BCUT2D eigenvalue weighted by atomic mass is 15.5. The molecule has 24 heavy (non-hydrogen) atoms. The largest absolute Gasteiger partial charge is 0.370 e. The van der Waals surface area contributed by atoms with Gasteiger partial charge in [-0.1, -0.05) is 6.07 Å². The van der Waals surface area contributed by atoms with Crippen LogP contribution >= 0.6 is 0 Å². The number of pyridine rings is 1. The topological polar surface area (TPSA) is 71.2 Å². The zero-order valence-corrected chi connectivity index (χ0v) is 14.0. The number of anilines is 2. The second-order valence-corrected chi connectivity index (χ2v) is 6.34. The van der Waals surface area contributed by atoms with Crippen LogP contribution in [0.5, 0.6) is 0 Å². The maximum atomic E-state index is 4.58. The Morgan fingerprint density at radius 2 is 2.04 bits per heavy atom. The summed E-state index contributed by atoms with van der Waals surface area (Å²) in [5.41, 5.74) is 1.83. The average molecular weight is 323 g/mol. The Morgan fingerprint density at radius 3 is 2.92 bits per heavy atom. The first-order valence-electron chi connectivity index (χ1n) is 8.30. The molecule has 0 aromatic carbocycles. The van der Waals surface area contributed by atoms with Gasteiger partial charge in [0.25, 0.3) is 0 Å². The van der Waals surface area contributed by atoms with Crippen molar-refractivity contribution in [2.75, 3.05) is 29.9 Å². The number of hydrogen-bond donors (Lipinski definition) is 1. The predicted molar refractivity (Wildman–Crippen MR) is 93.3 cm³/mol. The second-order valence-electron chi connectivity index (χ2n) is 6.34. The van der Waals surface area contributed by atoms with E-state index in [-0.39, 0.29) is 0 Å². The van der Waals surface area contributed by atoms with E-state index < -0.39 is 0 Å². The van der Waals surface area contributed by atoms with E-state index in [1.807, 2.05) is 44.2 Å². The number of aromatic nitrogens is 5. The second kappa shape index (κ2) is 6.07. The van der Waals surface area contributed by atoms with Gasteiger partial charge in [0.15, 0.2) is 11.5 Å². The van der Waals surface area contributed by atoms with Crippen LogP contribution in [0.2, 0.25) is 0 Å². The number of nitrogens with zero attached hydrogens (tertiary/aromatic N) is 6. The number of aryl methyl sites for hydroxylation is 2. The van der Waals surface area contributed by atoms with Crippen LogP contribution in [-0.2, 0) is 0 Å². The predicted octanol–water partition coefficient (Wildman–Crippen LogP) is 2.07. The molecule has 1 aliphatic heterocycles. The highest BCUT2D eigenvalue weighted by molar-refractivity contribution is 5.46. The van der Waals surface area contributed by atoms with E-state index in [4.69, 9.17) is 0 Å². The molecular weight excluding hydrogens is 302 g/mol. The molecule has 4 heterocycles. The minimum Gasteiger partial charge on any atom is -0.370 e. The molecule has 1 aliphatic rings. The number of rotatable bonds is 4. The van der Waals surface area contributed by atoms with Crippen molar-refractivity contribution in [3.63, 3.8) is 0 Å². The Morgan fingerprint density at radius 1 is 1.12 bits per heavy atom. The summed E-state index contributed by atoms with van der Waals surface area (Å²) in [6.07, 6.45) is 1.15. The van der Waals surface area contributed by atoms with Crippen molar-refractivity contribution in [1.29, 1.82) is 0 Å². The van der Waals surface area contributed by atoms with E-state index in [1.54, 1.807) is 4.63 Å². The standard InChI is InChI=1S/C17H21N7/c1-12-4-3-5-15(19-12)18-10-14-8-9-23(11-14)17-7-6-16-20-13(2)21-24(16)22-17/h3-7,14H,8-11H2,1-2H3,(H,18,19)/t14-/m1/s1. The van der Waals surface area contributed by atoms with Gasteiger partial charge in [-0.15, -0.1) is 14.8 Å². The van der Waals surface area contributed by atoms with Crippen molar-refractivity contribution in [2.45, 2.75) is 20.3 Å². The van der Waals surface area contributed by atoms with Gasteiger partial charge < -0.3 is 10.2 Å². The lowest BCUT2D eigenvalue weighted by atomic mass is 10.1. The molecule has 0 bridgehead atoms. The summed E-state index contributed by atoms with van der Waals surface area (Å²) in [4.78, 5) is 11.1. The normalized spacial score (nSPS) is 17.6. The molecule has 1 saturated heterocycles. The maximum absolute atomic E-state index is 4.58. The van der Waals surface area contributed by atoms with Gasteiger partial charge in [-0.25, -0.2) is 9.97 Å². The Labute approximate surface area is 140 Å². The van der Waals surface area contributed by atoms with Crippen LogP contribution in [0.15, 0.2) is 30.3 Å². The van der Waals surface area contributed by atoms with Crippen molar-refractivity contribution in [2.24, 2.45) is 5.92 Å². The lowest BCUT2D eigenvalue weighted by Gasteiger charge is -2.17. The number of hydrogen-bond acceptors (Lipinski definition) is 6. The van der Waals surface area contributed by atoms with Crippen LogP contribution in [0, 0.1) is 19.8 Å². The fourth-order valence-electron chi connectivity index (χ4n) is 3.14. The van der Waals surface area contributed by atoms with E-state index in [9.17, 15) is 0 Å². The van der Waals surface area contributed by atoms with Gasteiger partial charge in [0.05, 0.1) is 0 Å². The molecule has 0 unspecified atom stereocenters. The third-order valence-electron chi connectivity index (χ3n) is 4.37. The summed E-state index contributed by atoms with van der Waals surface area (Å²) in [5.74, 6) is 3.24. The quantitative estimate of drug-likeness (QED) is 0.792. The van der Waals surface area contributed by atoms with Crippen LogP contribution in [-0.4, -0.2) is 44.4 Å². The van der Waals surface area contributed by atoms with Gasteiger partial charge in [-0.3, -0.25) is 0 Å². The van der Waals surface area contributed by atoms with E-state index in [1.165, 1.54) is 0 Å².